The van der Waals surface area contributed by atoms with Crippen LogP contribution in [0.2, 0.25) is 0 Å². The molecule has 6 heteroatoms. The second kappa shape index (κ2) is 8.08. The number of nitrogens with zero attached hydrogens (tertiary/aromatic N) is 2. The van der Waals surface area contributed by atoms with Crippen LogP contribution in [0.5, 0.6) is 0 Å². The Balaban J connectivity index is 1.71. The van der Waals surface area contributed by atoms with Gasteiger partial charge in [0.1, 0.15) is 0 Å². The highest BCUT2D eigenvalue weighted by molar-refractivity contribution is 9.10. The topological polar surface area (TPSA) is 54.5 Å². The number of halogens is 1. The number of amides is 1. The van der Waals surface area contributed by atoms with Crippen LogP contribution in [0.15, 0.2) is 53.1 Å². The van der Waals surface area contributed by atoms with E-state index in [-0.39, 0.29) is 5.91 Å². The lowest BCUT2D eigenvalue weighted by atomic mass is 10.2. The number of pyridine rings is 1. The Labute approximate surface area is 149 Å². The normalized spacial score (nSPS) is 14.8. The molecule has 0 spiro atoms. The number of aromatic nitrogens is 1. The minimum atomic E-state index is -0.187. The van der Waals surface area contributed by atoms with Crippen LogP contribution in [-0.2, 0) is 9.53 Å². The first-order valence-electron chi connectivity index (χ1n) is 7.75. The van der Waals surface area contributed by atoms with Crippen molar-refractivity contribution in [3.63, 3.8) is 0 Å². The fourth-order valence-electron chi connectivity index (χ4n) is 2.47. The fraction of sp³-hybridized carbons (Fsp3) is 0.222. The maximum Gasteiger partial charge on any atom is 0.248 e. The van der Waals surface area contributed by atoms with Crippen molar-refractivity contribution in [3.05, 3.63) is 58.7 Å². The minimum absolute atomic E-state index is 0.187. The Bertz CT molecular complexity index is 743. The molecule has 5 nitrogen and oxygen atoms in total. The summed E-state index contributed by atoms with van der Waals surface area (Å²) in [6.07, 6.45) is 5.04. The van der Waals surface area contributed by atoms with E-state index in [4.69, 9.17) is 4.74 Å². The first kappa shape index (κ1) is 16.7. The lowest BCUT2D eigenvalue weighted by molar-refractivity contribution is -0.111. The fourth-order valence-corrected chi connectivity index (χ4v) is 2.89. The largest absolute Gasteiger partial charge is 0.378 e. The molecule has 0 atom stereocenters. The lowest BCUT2D eigenvalue weighted by Gasteiger charge is -2.29. The molecule has 1 amide bonds. The second-order valence-corrected chi connectivity index (χ2v) is 6.17. The molecule has 3 rings (SSSR count). The Hall–Kier alpha value is -2.18. The zero-order chi connectivity index (χ0) is 16.8. The van der Waals surface area contributed by atoms with Gasteiger partial charge in [-0.3, -0.25) is 4.79 Å². The zero-order valence-electron chi connectivity index (χ0n) is 13.1. The second-order valence-electron chi connectivity index (χ2n) is 5.32. The van der Waals surface area contributed by atoms with E-state index < -0.39 is 0 Å². The summed E-state index contributed by atoms with van der Waals surface area (Å²) >= 11 is 3.47. The van der Waals surface area contributed by atoms with Gasteiger partial charge < -0.3 is 15.0 Å². The van der Waals surface area contributed by atoms with E-state index in [9.17, 15) is 4.79 Å². The summed E-state index contributed by atoms with van der Waals surface area (Å²) in [5.41, 5.74) is 1.66. The molecule has 0 bridgehead atoms. The van der Waals surface area contributed by atoms with Crippen molar-refractivity contribution in [2.45, 2.75) is 0 Å². The molecule has 1 aliphatic rings. The van der Waals surface area contributed by atoms with Gasteiger partial charge in [0.15, 0.2) is 5.82 Å². The van der Waals surface area contributed by atoms with E-state index in [1.165, 1.54) is 6.08 Å². The number of hydrogen-bond donors (Lipinski definition) is 1. The van der Waals surface area contributed by atoms with Gasteiger partial charge in [0, 0.05) is 29.8 Å². The van der Waals surface area contributed by atoms with Gasteiger partial charge in [-0.1, -0.05) is 34.1 Å². The molecule has 1 saturated heterocycles. The minimum Gasteiger partial charge on any atom is -0.378 e. The van der Waals surface area contributed by atoms with E-state index in [0.29, 0.717) is 18.9 Å². The van der Waals surface area contributed by atoms with Gasteiger partial charge in [0.05, 0.1) is 18.9 Å². The number of carbonyl (C=O) groups is 1. The van der Waals surface area contributed by atoms with Crippen molar-refractivity contribution in [1.29, 1.82) is 0 Å². The van der Waals surface area contributed by atoms with Crippen molar-refractivity contribution in [2.24, 2.45) is 0 Å². The Kier molecular flexibility index (Phi) is 5.61. The number of rotatable bonds is 4. The molecule has 2 heterocycles. The van der Waals surface area contributed by atoms with Crippen LogP contribution in [0.25, 0.3) is 6.08 Å². The van der Waals surface area contributed by atoms with Gasteiger partial charge in [0.2, 0.25) is 5.91 Å². The molecule has 1 fully saturated rings. The van der Waals surface area contributed by atoms with Crippen LogP contribution in [0, 0.1) is 0 Å². The van der Waals surface area contributed by atoms with E-state index >= 15 is 0 Å². The van der Waals surface area contributed by atoms with Crippen LogP contribution in [0.3, 0.4) is 0 Å². The van der Waals surface area contributed by atoms with Crippen molar-refractivity contribution in [1.82, 2.24) is 4.98 Å². The zero-order valence-corrected chi connectivity index (χ0v) is 14.7. The third-order valence-electron chi connectivity index (χ3n) is 3.67. The smallest absolute Gasteiger partial charge is 0.248 e. The number of benzene rings is 1. The number of morpholine rings is 1. The Morgan fingerprint density at radius 1 is 1.21 bits per heavy atom. The first-order chi connectivity index (χ1) is 11.7. The van der Waals surface area contributed by atoms with Crippen molar-refractivity contribution in [3.8, 4) is 0 Å². The van der Waals surface area contributed by atoms with Gasteiger partial charge >= 0.3 is 0 Å². The summed E-state index contributed by atoms with van der Waals surface area (Å²) in [5.74, 6) is 0.594. The summed E-state index contributed by atoms with van der Waals surface area (Å²) in [6, 6.07) is 11.4. The molecule has 1 N–H and O–H groups in total. The summed E-state index contributed by atoms with van der Waals surface area (Å²) in [7, 11) is 0. The number of nitrogens with one attached hydrogen (secondary N) is 1. The number of carbonyl (C=O) groups excluding carboxylic acids is 1. The third-order valence-corrected chi connectivity index (χ3v) is 4.40. The molecule has 1 aliphatic heterocycles. The molecule has 2 aromatic rings. The number of anilines is 2. The van der Waals surface area contributed by atoms with E-state index in [1.807, 2.05) is 36.4 Å². The standard InChI is InChI=1S/C18H18BrN3O2/c19-15-5-2-1-4-14(15)7-8-17(23)21-16-6-3-9-20-18(16)22-10-12-24-13-11-22/h1-9H,10-13H2,(H,21,23). The molecular formula is C18H18BrN3O2. The van der Waals surface area contributed by atoms with E-state index in [0.717, 1.165) is 28.9 Å². The highest BCUT2D eigenvalue weighted by atomic mass is 79.9. The molecule has 24 heavy (non-hydrogen) atoms. The summed E-state index contributed by atoms with van der Waals surface area (Å²) in [5, 5.41) is 2.91. The van der Waals surface area contributed by atoms with Gasteiger partial charge in [-0.2, -0.15) is 0 Å². The molecule has 0 aliphatic carbocycles. The number of ether oxygens (including phenoxy) is 1. The van der Waals surface area contributed by atoms with Gasteiger partial charge in [0.25, 0.3) is 0 Å². The van der Waals surface area contributed by atoms with E-state index in [1.54, 1.807) is 12.3 Å². The van der Waals surface area contributed by atoms with Gasteiger partial charge in [-0.05, 0) is 29.8 Å². The molecule has 1 aromatic carbocycles. The maximum absolute atomic E-state index is 12.2. The average molecular weight is 388 g/mol. The quantitative estimate of drug-likeness (QED) is 0.817. The van der Waals surface area contributed by atoms with Crippen LogP contribution >= 0.6 is 15.9 Å². The number of hydrogen-bond acceptors (Lipinski definition) is 4. The van der Waals surface area contributed by atoms with Gasteiger partial charge in [-0.25, -0.2) is 4.98 Å². The van der Waals surface area contributed by atoms with E-state index in [2.05, 4.69) is 31.1 Å². The molecule has 1 aromatic heterocycles. The van der Waals surface area contributed by atoms with Crippen molar-refractivity contribution < 1.29 is 9.53 Å². The third kappa shape index (κ3) is 4.21. The highest BCUT2D eigenvalue weighted by Crippen LogP contribution is 2.23. The van der Waals surface area contributed by atoms with Crippen LogP contribution in [0.4, 0.5) is 11.5 Å². The molecule has 0 unspecified atom stereocenters. The average Bonchev–Trinajstić information content (AvgIpc) is 2.62. The van der Waals surface area contributed by atoms with Gasteiger partial charge in [-0.15, -0.1) is 0 Å². The van der Waals surface area contributed by atoms with Crippen LogP contribution in [0.1, 0.15) is 5.56 Å². The molecule has 0 saturated carbocycles. The summed E-state index contributed by atoms with van der Waals surface area (Å²) in [6.45, 7) is 2.89. The highest BCUT2D eigenvalue weighted by Gasteiger charge is 2.16. The monoisotopic (exact) mass is 387 g/mol. The first-order valence-corrected chi connectivity index (χ1v) is 8.54. The summed E-state index contributed by atoms with van der Waals surface area (Å²) in [4.78, 5) is 18.8. The predicted octanol–water partition coefficient (Wildman–Crippen LogP) is 3.33. The van der Waals surface area contributed by atoms with Crippen LogP contribution in [-0.4, -0.2) is 37.2 Å². The van der Waals surface area contributed by atoms with Crippen LogP contribution < -0.4 is 10.2 Å². The van der Waals surface area contributed by atoms with Crippen molar-refractivity contribution in [2.75, 3.05) is 36.5 Å². The molecule has 124 valence electrons. The SMILES string of the molecule is O=C(C=Cc1ccccc1Br)Nc1cccnc1N1CCOCC1. The Morgan fingerprint density at radius 3 is 2.79 bits per heavy atom. The predicted molar refractivity (Wildman–Crippen MR) is 99.1 cm³/mol. The molecular weight excluding hydrogens is 370 g/mol. The van der Waals surface area contributed by atoms with Crippen molar-refractivity contribution >= 4 is 39.4 Å². The maximum atomic E-state index is 12.2. The molecule has 0 radical (unpaired) electrons. The summed E-state index contributed by atoms with van der Waals surface area (Å²) < 4.78 is 6.32. The Morgan fingerprint density at radius 2 is 2.00 bits per heavy atom. The lowest BCUT2D eigenvalue weighted by Crippen LogP contribution is -2.37.